The van der Waals surface area contributed by atoms with E-state index >= 15 is 0 Å². The summed E-state index contributed by atoms with van der Waals surface area (Å²) >= 11 is 12.2. The Morgan fingerprint density at radius 1 is 1.16 bits per heavy atom. The predicted molar refractivity (Wildman–Crippen MR) is 132 cm³/mol. The van der Waals surface area contributed by atoms with Crippen LogP contribution in [-0.4, -0.2) is 72.8 Å². The zero-order valence-electron chi connectivity index (χ0n) is 20.7. The second kappa shape index (κ2) is 8.63. The highest BCUT2D eigenvalue weighted by atomic mass is 35.5. The molecule has 5 rings (SSSR count). The summed E-state index contributed by atoms with van der Waals surface area (Å²) in [7, 11) is 0. The number of aromatic nitrogens is 5. The Kier molecular flexibility index (Phi) is 5.98. The van der Waals surface area contributed by atoms with Crippen molar-refractivity contribution in [2.24, 2.45) is 0 Å². The van der Waals surface area contributed by atoms with Crippen LogP contribution in [0.4, 0.5) is 34.3 Å². The quantitative estimate of drug-likeness (QED) is 0.466. The van der Waals surface area contributed by atoms with Gasteiger partial charge in [0.15, 0.2) is 16.6 Å². The number of amides is 3. The van der Waals surface area contributed by atoms with Gasteiger partial charge in [0.05, 0.1) is 23.6 Å². The number of ether oxygens (including phenoxy) is 1. The van der Waals surface area contributed by atoms with Crippen LogP contribution >= 0.6 is 23.2 Å². The lowest BCUT2D eigenvalue weighted by atomic mass is 9.88. The molecular formula is C22H23Cl2F3N8O3. The SMILES string of the molecule is CC(C)(C)OC(=O)N1CC(n2nc(NC(=O)N3C[C@@](C)(C(F)(F)F)c4c3cnc3cc(Cl)nn43)cc2Cl)C1. The summed E-state index contributed by atoms with van der Waals surface area (Å²) in [6.07, 6.45) is -3.99. The van der Waals surface area contributed by atoms with Gasteiger partial charge in [-0.25, -0.2) is 23.8 Å². The van der Waals surface area contributed by atoms with Gasteiger partial charge in [-0.15, -0.1) is 0 Å². The number of likely N-dealkylation sites (tertiary alicyclic amines) is 1. The second-order valence-electron chi connectivity index (χ2n) is 10.4. The highest BCUT2D eigenvalue weighted by Crippen LogP contribution is 2.50. The Balaban J connectivity index is 1.35. The monoisotopic (exact) mass is 574 g/mol. The minimum absolute atomic E-state index is 0.0280. The summed E-state index contributed by atoms with van der Waals surface area (Å²) in [5.74, 6) is 0.0362. The summed E-state index contributed by atoms with van der Waals surface area (Å²) < 4.78 is 50.6. The van der Waals surface area contributed by atoms with E-state index in [1.807, 2.05) is 0 Å². The largest absolute Gasteiger partial charge is 0.444 e. The van der Waals surface area contributed by atoms with Gasteiger partial charge < -0.3 is 9.64 Å². The van der Waals surface area contributed by atoms with Gasteiger partial charge in [0.2, 0.25) is 0 Å². The maximum Gasteiger partial charge on any atom is 0.410 e. The molecule has 0 unspecified atom stereocenters. The van der Waals surface area contributed by atoms with Crippen LogP contribution < -0.4 is 10.2 Å². The fourth-order valence-corrected chi connectivity index (χ4v) is 4.90. The first-order valence-corrected chi connectivity index (χ1v) is 12.3. The summed E-state index contributed by atoms with van der Waals surface area (Å²) in [4.78, 5) is 31.9. The maximum atomic E-state index is 14.3. The molecule has 3 aromatic rings. The summed E-state index contributed by atoms with van der Waals surface area (Å²) in [5.41, 5.74) is -3.27. The fourth-order valence-electron chi connectivity index (χ4n) is 4.44. The van der Waals surface area contributed by atoms with E-state index < -0.39 is 35.9 Å². The number of anilines is 2. The van der Waals surface area contributed by atoms with Crippen LogP contribution in [0.2, 0.25) is 10.3 Å². The van der Waals surface area contributed by atoms with Crippen molar-refractivity contribution in [2.75, 3.05) is 29.9 Å². The van der Waals surface area contributed by atoms with Crippen LogP contribution in [0.5, 0.6) is 0 Å². The van der Waals surface area contributed by atoms with Crippen molar-refractivity contribution in [1.29, 1.82) is 0 Å². The van der Waals surface area contributed by atoms with Gasteiger partial charge in [0.25, 0.3) is 0 Å². The molecule has 0 aliphatic carbocycles. The van der Waals surface area contributed by atoms with Gasteiger partial charge in [0.1, 0.15) is 16.2 Å². The number of hydrogen-bond donors (Lipinski definition) is 1. The molecule has 2 aliphatic rings. The number of nitrogens with one attached hydrogen (secondary N) is 1. The van der Waals surface area contributed by atoms with Crippen LogP contribution in [0, 0.1) is 0 Å². The van der Waals surface area contributed by atoms with Crippen molar-refractivity contribution in [3.05, 3.63) is 34.3 Å². The average Bonchev–Trinajstić information content (AvgIpc) is 3.38. The minimum atomic E-state index is -4.71. The Morgan fingerprint density at radius 2 is 1.84 bits per heavy atom. The van der Waals surface area contributed by atoms with Gasteiger partial charge in [0, 0.05) is 31.8 Å². The zero-order chi connectivity index (χ0) is 27.8. The van der Waals surface area contributed by atoms with E-state index in [1.54, 1.807) is 20.8 Å². The Hall–Kier alpha value is -3.26. The smallest absolute Gasteiger partial charge is 0.410 e. The van der Waals surface area contributed by atoms with Crippen molar-refractivity contribution < 1.29 is 27.5 Å². The standard InChI is InChI=1S/C22H23Cl2F3N8O3/c1-20(2,3)38-19(37)32-8-11(9-32)34-14(24)6-15(31-34)29-18(36)33-10-21(4,22(25,26)27)17-12(33)7-28-16-5-13(23)30-35(16)17/h5-7,11H,8-10H2,1-4H3,(H,29,31,36)/t21-/m1/s1. The van der Waals surface area contributed by atoms with E-state index in [-0.39, 0.29) is 39.2 Å². The average molecular weight is 575 g/mol. The maximum absolute atomic E-state index is 14.3. The summed E-state index contributed by atoms with van der Waals surface area (Å²) in [6.45, 7) is 6.16. The molecule has 1 fully saturated rings. The van der Waals surface area contributed by atoms with Crippen molar-refractivity contribution in [3.8, 4) is 0 Å². The Labute approximate surface area is 224 Å². The van der Waals surface area contributed by atoms with Crippen LogP contribution in [0.3, 0.4) is 0 Å². The molecule has 0 aromatic carbocycles. The third-order valence-corrected chi connectivity index (χ3v) is 6.84. The lowest BCUT2D eigenvalue weighted by Gasteiger charge is -2.39. The first kappa shape index (κ1) is 26.4. The fraction of sp³-hybridized carbons (Fsp3) is 0.500. The van der Waals surface area contributed by atoms with Gasteiger partial charge in [-0.1, -0.05) is 23.2 Å². The highest BCUT2D eigenvalue weighted by Gasteiger charge is 2.60. The van der Waals surface area contributed by atoms with E-state index in [9.17, 15) is 22.8 Å². The van der Waals surface area contributed by atoms with E-state index in [1.165, 1.54) is 27.9 Å². The number of urea groups is 1. The predicted octanol–water partition coefficient (Wildman–Crippen LogP) is 4.90. The highest BCUT2D eigenvalue weighted by molar-refractivity contribution is 6.30. The van der Waals surface area contributed by atoms with Crippen molar-refractivity contribution in [3.63, 3.8) is 0 Å². The Morgan fingerprint density at radius 3 is 2.47 bits per heavy atom. The van der Waals surface area contributed by atoms with Gasteiger partial charge in [-0.05, 0) is 27.7 Å². The van der Waals surface area contributed by atoms with Gasteiger partial charge in [-0.3, -0.25) is 10.2 Å². The van der Waals surface area contributed by atoms with Crippen molar-refractivity contribution in [1.82, 2.24) is 29.3 Å². The first-order valence-electron chi connectivity index (χ1n) is 11.5. The number of alkyl halides is 3. The second-order valence-corrected chi connectivity index (χ2v) is 11.2. The number of hydrogen-bond acceptors (Lipinski definition) is 6. The van der Waals surface area contributed by atoms with E-state index in [4.69, 9.17) is 27.9 Å². The molecule has 1 atom stereocenters. The zero-order valence-corrected chi connectivity index (χ0v) is 22.2. The molecule has 204 valence electrons. The lowest BCUT2D eigenvalue weighted by Crippen LogP contribution is -2.52. The van der Waals surface area contributed by atoms with Crippen LogP contribution in [-0.2, 0) is 10.2 Å². The molecule has 2 aliphatic heterocycles. The van der Waals surface area contributed by atoms with Crippen molar-refractivity contribution in [2.45, 2.75) is 50.9 Å². The van der Waals surface area contributed by atoms with E-state index in [0.29, 0.717) is 13.1 Å². The number of carbonyl (C=O) groups is 2. The molecule has 11 nitrogen and oxygen atoms in total. The number of halogens is 5. The number of carbonyl (C=O) groups excluding carboxylic acids is 2. The molecule has 0 saturated carbocycles. The molecule has 1 N–H and O–H groups in total. The number of fused-ring (bicyclic) bond motifs is 3. The minimum Gasteiger partial charge on any atom is -0.444 e. The molecule has 38 heavy (non-hydrogen) atoms. The lowest BCUT2D eigenvalue weighted by molar-refractivity contribution is -0.181. The molecule has 0 spiro atoms. The van der Waals surface area contributed by atoms with E-state index in [2.05, 4.69) is 20.5 Å². The summed E-state index contributed by atoms with van der Waals surface area (Å²) in [5, 5.41) is 10.9. The molecule has 3 aromatic heterocycles. The van der Waals surface area contributed by atoms with Gasteiger partial charge in [-0.2, -0.15) is 23.4 Å². The Bertz CT molecular complexity index is 1440. The molecule has 16 heteroatoms. The van der Waals surface area contributed by atoms with E-state index in [0.717, 1.165) is 16.3 Å². The molecule has 3 amide bonds. The third kappa shape index (κ3) is 4.38. The molecular weight excluding hydrogens is 552 g/mol. The molecule has 5 heterocycles. The third-order valence-electron chi connectivity index (χ3n) is 6.38. The number of nitrogens with zero attached hydrogens (tertiary/aromatic N) is 7. The first-order chi connectivity index (χ1) is 17.6. The van der Waals surface area contributed by atoms with Crippen LogP contribution in [0.15, 0.2) is 18.3 Å². The normalized spacial score (nSPS) is 20.0. The topological polar surface area (TPSA) is 110 Å². The number of rotatable bonds is 2. The molecule has 0 radical (unpaired) electrons. The van der Waals surface area contributed by atoms with Crippen molar-refractivity contribution >= 4 is 52.5 Å². The van der Waals surface area contributed by atoms with Crippen LogP contribution in [0.1, 0.15) is 39.4 Å². The van der Waals surface area contributed by atoms with Crippen LogP contribution in [0.25, 0.3) is 5.65 Å². The van der Waals surface area contributed by atoms with Gasteiger partial charge >= 0.3 is 18.3 Å². The molecule has 0 bridgehead atoms. The molecule has 1 saturated heterocycles. The summed E-state index contributed by atoms with van der Waals surface area (Å²) in [6, 6.07) is 1.60.